The second-order valence-electron chi connectivity index (χ2n) is 7.89. The minimum Gasteiger partial charge on any atom is -0.497 e. The van der Waals surface area contributed by atoms with Gasteiger partial charge in [0.25, 0.3) is 11.8 Å². The highest BCUT2D eigenvalue weighted by Gasteiger charge is 2.39. The van der Waals surface area contributed by atoms with Gasteiger partial charge in [0, 0.05) is 25.8 Å². The number of ether oxygens (including phenoxy) is 3. The van der Waals surface area contributed by atoms with Gasteiger partial charge in [-0.25, -0.2) is 0 Å². The summed E-state index contributed by atoms with van der Waals surface area (Å²) in [5.41, 5.74) is 2.87. The van der Waals surface area contributed by atoms with E-state index in [-0.39, 0.29) is 17.5 Å². The van der Waals surface area contributed by atoms with Gasteiger partial charge in [-0.3, -0.25) is 14.5 Å². The molecule has 0 saturated heterocycles. The fourth-order valence-corrected chi connectivity index (χ4v) is 3.60. The van der Waals surface area contributed by atoms with Crippen molar-refractivity contribution < 1.29 is 23.8 Å². The van der Waals surface area contributed by atoms with E-state index in [2.05, 4.69) is 12.2 Å². The van der Waals surface area contributed by atoms with Gasteiger partial charge in [-0.1, -0.05) is 43.2 Å². The fourth-order valence-electron chi connectivity index (χ4n) is 3.60. The highest BCUT2D eigenvalue weighted by atomic mass is 16.5. The average Bonchev–Trinajstić information content (AvgIpc) is 3.05. The van der Waals surface area contributed by atoms with Crippen LogP contribution in [0.4, 0.5) is 5.69 Å². The predicted octanol–water partition coefficient (Wildman–Crippen LogP) is 4.41. The number of carbonyl (C=O) groups excluding carboxylic acids is 2. The minimum atomic E-state index is -0.367. The Hall–Kier alpha value is -3.32. The van der Waals surface area contributed by atoms with Crippen molar-refractivity contribution >= 4 is 23.1 Å². The van der Waals surface area contributed by atoms with Crippen molar-refractivity contribution in [1.82, 2.24) is 4.90 Å². The van der Waals surface area contributed by atoms with Gasteiger partial charge in [-0.2, -0.15) is 0 Å². The smallest absolute Gasteiger partial charge is 0.278 e. The zero-order valence-corrected chi connectivity index (χ0v) is 19.8. The maximum Gasteiger partial charge on any atom is 0.278 e. The lowest BCUT2D eigenvalue weighted by Gasteiger charge is -2.16. The van der Waals surface area contributed by atoms with Crippen LogP contribution >= 0.6 is 0 Å². The summed E-state index contributed by atoms with van der Waals surface area (Å²) in [4.78, 5) is 28.0. The molecule has 0 unspecified atom stereocenters. The SMILES string of the molecule is CCCCOCCCN1C(=O)C(Nc2cc(OC)ccc2OC)=C(c2ccc(C)cc2)C1=O. The molecule has 0 spiro atoms. The van der Waals surface area contributed by atoms with Crippen LogP contribution in [0.2, 0.25) is 0 Å². The number of unbranched alkanes of at least 4 members (excludes halogenated alkanes) is 1. The third-order valence-corrected chi connectivity index (χ3v) is 5.49. The van der Waals surface area contributed by atoms with E-state index in [1.165, 1.54) is 4.90 Å². The van der Waals surface area contributed by atoms with Crippen molar-refractivity contribution in [2.45, 2.75) is 33.1 Å². The van der Waals surface area contributed by atoms with Crippen LogP contribution in [0, 0.1) is 6.92 Å². The van der Waals surface area contributed by atoms with E-state index in [1.54, 1.807) is 32.4 Å². The van der Waals surface area contributed by atoms with Crippen molar-refractivity contribution in [2.75, 3.05) is 39.3 Å². The van der Waals surface area contributed by atoms with Gasteiger partial charge in [0.1, 0.15) is 17.2 Å². The quantitative estimate of drug-likeness (QED) is 0.380. The standard InChI is InChI=1S/C26H32N2O5/c1-5-6-15-33-16-7-14-28-25(29)23(19-10-8-18(2)9-11-19)24(26(28)30)27-21-17-20(31-3)12-13-22(21)32-4/h8-13,17,27H,5-7,14-16H2,1-4H3. The normalized spacial score (nSPS) is 13.6. The summed E-state index contributed by atoms with van der Waals surface area (Å²) in [5.74, 6) is 0.457. The average molecular weight is 453 g/mol. The first-order valence-electron chi connectivity index (χ1n) is 11.2. The van der Waals surface area contributed by atoms with Crippen LogP contribution in [-0.2, 0) is 14.3 Å². The molecule has 1 aliphatic heterocycles. The number of amides is 2. The number of methoxy groups -OCH3 is 2. The molecule has 2 aromatic rings. The summed E-state index contributed by atoms with van der Waals surface area (Å²) in [6.07, 6.45) is 2.64. The Morgan fingerprint density at radius 2 is 1.64 bits per heavy atom. The van der Waals surface area contributed by atoms with E-state index >= 15 is 0 Å². The van der Waals surface area contributed by atoms with Crippen molar-refractivity contribution in [1.29, 1.82) is 0 Å². The molecule has 33 heavy (non-hydrogen) atoms. The zero-order valence-electron chi connectivity index (χ0n) is 19.8. The molecule has 2 aromatic carbocycles. The molecule has 2 amide bonds. The first-order valence-corrected chi connectivity index (χ1v) is 11.2. The molecular formula is C26H32N2O5. The number of anilines is 1. The summed E-state index contributed by atoms with van der Waals surface area (Å²) in [6, 6.07) is 12.8. The Morgan fingerprint density at radius 1 is 0.909 bits per heavy atom. The molecule has 0 saturated carbocycles. The lowest BCUT2D eigenvalue weighted by Crippen LogP contribution is -2.34. The summed E-state index contributed by atoms with van der Waals surface area (Å²) in [6.45, 7) is 5.57. The van der Waals surface area contributed by atoms with Crippen molar-refractivity contribution in [3.05, 3.63) is 59.3 Å². The van der Waals surface area contributed by atoms with Gasteiger partial charge < -0.3 is 19.5 Å². The Balaban J connectivity index is 1.90. The summed E-state index contributed by atoms with van der Waals surface area (Å²) >= 11 is 0. The molecule has 0 aromatic heterocycles. The zero-order chi connectivity index (χ0) is 23.8. The molecule has 0 fully saturated rings. The number of benzene rings is 2. The second kappa shape index (κ2) is 11.5. The first kappa shape index (κ1) is 24.3. The third-order valence-electron chi connectivity index (χ3n) is 5.49. The Bertz CT molecular complexity index is 1010. The van der Waals surface area contributed by atoms with Gasteiger partial charge in [0.05, 0.1) is 25.5 Å². The Labute approximate surface area is 195 Å². The van der Waals surface area contributed by atoms with Gasteiger partial charge in [0.2, 0.25) is 0 Å². The largest absolute Gasteiger partial charge is 0.497 e. The molecule has 1 aliphatic rings. The topological polar surface area (TPSA) is 77.1 Å². The number of aryl methyl sites for hydroxylation is 1. The van der Waals surface area contributed by atoms with Crippen LogP contribution in [-0.4, -0.2) is 50.7 Å². The number of imide groups is 1. The van der Waals surface area contributed by atoms with Crippen LogP contribution in [0.5, 0.6) is 11.5 Å². The molecule has 0 aliphatic carbocycles. The molecule has 1 heterocycles. The summed E-state index contributed by atoms with van der Waals surface area (Å²) in [7, 11) is 3.12. The summed E-state index contributed by atoms with van der Waals surface area (Å²) < 4.78 is 16.4. The molecular weight excluding hydrogens is 420 g/mol. The van der Waals surface area contributed by atoms with E-state index in [4.69, 9.17) is 14.2 Å². The maximum absolute atomic E-state index is 13.4. The molecule has 0 bridgehead atoms. The maximum atomic E-state index is 13.4. The number of nitrogens with one attached hydrogen (secondary N) is 1. The first-order chi connectivity index (χ1) is 16.0. The van der Waals surface area contributed by atoms with Crippen LogP contribution in [0.25, 0.3) is 5.57 Å². The number of hydrogen-bond acceptors (Lipinski definition) is 6. The van der Waals surface area contributed by atoms with E-state index in [0.29, 0.717) is 54.5 Å². The molecule has 0 atom stereocenters. The van der Waals surface area contributed by atoms with Crippen molar-refractivity contribution in [3.63, 3.8) is 0 Å². The van der Waals surface area contributed by atoms with E-state index in [0.717, 1.165) is 18.4 Å². The Morgan fingerprint density at radius 3 is 2.30 bits per heavy atom. The summed E-state index contributed by atoms with van der Waals surface area (Å²) in [5, 5.41) is 3.16. The highest BCUT2D eigenvalue weighted by Crippen LogP contribution is 2.35. The van der Waals surface area contributed by atoms with Crippen molar-refractivity contribution in [2.24, 2.45) is 0 Å². The van der Waals surface area contributed by atoms with E-state index in [1.807, 2.05) is 31.2 Å². The van der Waals surface area contributed by atoms with Crippen LogP contribution in [0.15, 0.2) is 48.2 Å². The molecule has 7 heteroatoms. The van der Waals surface area contributed by atoms with Gasteiger partial charge in [-0.05, 0) is 37.5 Å². The number of rotatable bonds is 12. The van der Waals surface area contributed by atoms with Gasteiger partial charge in [0.15, 0.2) is 0 Å². The number of nitrogens with zero attached hydrogens (tertiary/aromatic N) is 1. The molecule has 176 valence electrons. The fraction of sp³-hybridized carbons (Fsp3) is 0.385. The van der Waals surface area contributed by atoms with E-state index in [9.17, 15) is 9.59 Å². The highest BCUT2D eigenvalue weighted by molar-refractivity contribution is 6.36. The predicted molar refractivity (Wildman–Crippen MR) is 128 cm³/mol. The third kappa shape index (κ3) is 5.73. The monoisotopic (exact) mass is 452 g/mol. The molecule has 7 nitrogen and oxygen atoms in total. The van der Waals surface area contributed by atoms with Crippen molar-refractivity contribution in [3.8, 4) is 11.5 Å². The lowest BCUT2D eigenvalue weighted by atomic mass is 10.0. The lowest BCUT2D eigenvalue weighted by molar-refractivity contribution is -0.137. The minimum absolute atomic E-state index is 0.224. The second-order valence-corrected chi connectivity index (χ2v) is 7.89. The number of hydrogen-bond donors (Lipinski definition) is 1. The number of carbonyl (C=O) groups is 2. The van der Waals surface area contributed by atoms with Crippen LogP contribution in [0.1, 0.15) is 37.3 Å². The van der Waals surface area contributed by atoms with Crippen LogP contribution < -0.4 is 14.8 Å². The van der Waals surface area contributed by atoms with Gasteiger partial charge in [-0.15, -0.1) is 0 Å². The molecule has 1 N–H and O–H groups in total. The van der Waals surface area contributed by atoms with Gasteiger partial charge >= 0.3 is 0 Å². The van der Waals surface area contributed by atoms with E-state index < -0.39 is 0 Å². The van der Waals surface area contributed by atoms with Crippen LogP contribution in [0.3, 0.4) is 0 Å². The molecule has 3 rings (SSSR count). The molecule has 0 radical (unpaired) electrons. The Kier molecular flexibility index (Phi) is 8.49.